The van der Waals surface area contributed by atoms with Gasteiger partial charge in [0.2, 0.25) is 5.91 Å². The third-order valence-electron chi connectivity index (χ3n) is 3.31. The van der Waals surface area contributed by atoms with Gasteiger partial charge >= 0.3 is 0 Å². The molecule has 1 unspecified atom stereocenters. The van der Waals surface area contributed by atoms with E-state index in [-0.39, 0.29) is 11.2 Å². The van der Waals surface area contributed by atoms with Crippen LogP contribution in [0, 0.1) is 0 Å². The number of carbonyl (C=O) groups is 1. The number of aromatic nitrogens is 3. The van der Waals surface area contributed by atoms with Gasteiger partial charge in [0.1, 0.15) is 5.75 Å². The number of hydrogen-bond acceptors (Lipinski definition) is 7. The minimum Gasteiger partial charge on any atom is -0.497 e. The van der Waals surface area contributed by atoms with Crippen LogP contribution in [0.3, 0.4) is 0 Å². The molecule has 128 valence electrons. The SMILES string of the molecule is COc1ccc(-c2csc(NC(=O)C(C)Sc3ncccn3)n2)cc1. The number of thioether (sulfide) groups is 1. The van der Waals surface area contributed by atoms with Gasteiger partial charge in [0.25, 0.3) is 0 Å². The molecule has 0 aliphatic rings. The van der Waals surface area contributed by atoms with Crippen LogP contribution in [0.5, 0.6) is 5.75 Å². The Kier molecular flexibility index (Phi) is 5.62. The second-order valence-electron chi connectivity index (χ2n) is 5.05. The lowest BCUT2D eigenvalue weighted by Gasteiger charge is -2.08. The highest BCUT2D eigenvalue weighted by Gasteiger charge is 2.17. The highest BCUT2D eigenvalue weighted by Crippen LogP contribution is 2.27. The standard InChI is InChI=1S/C17H16N4O2S2/c1-11(25-16-18-8-3-9-19-16)15(22)21-17-20-14(10-24-17)12-4-6-13(23-2)7-5-12/h3-11H,1-2H3,(H,20,21,22). The molecule has 0 aliphatic heterocycles. The van der Waals surface area contributed by atoms with Crippen molar-refractivity contribution >= 4 is 34.1 Å². The smallest absolute Gasteiger partial charge is 0.239 e. The maximum absolute atomic E-state index is 12.3. The number of rotatable bonds is 6. The molecule has 0 radical (unpaired) electrons. The van der Waals surface area contributed by atoms with Gasteiger partial charge in [-0.2, -0.15) is 0 Å². The van der Waals surface area contributed by atoms with Crippen molar-refractivity contribution in [3.05, 3.63) is 48.1 Å². The Morgan fingerprint density at radius 1 is 1.24 bits per heavy atom. The molecule has 3 rings (SSSR count). The normalized spacial score (nSPS) is 11.8. The van der Waals surface area contributed by atoms with E-state index in [1.807, 2.05) is 36.6 Å². The lowest BCUT2D eigenvalue weighted by Crippen LogP contribution is -2.22. The molecular formula is C17H16N4O2S2. The van der Waals surface area contributed by atoms with E-state index in [0.717, 1.165) is 17.0 Å². The zero-order valence-corrected chi connectivity index (χ0v) is 15.3. The number of methoxy groups -OCH3 is 1. The molecule has 8 heteroatoms. The van der Waals surface area contributed by atoms with Crippen LogP contribution in [-0.4, -0.2) is 33.2 Å². The third kappa shape index (κ3) is 4.55. The zero-order chi connectivity index (χ0) is 17.6. The van der Waals surface area contributed by atoms with Crippen molar-refractivity contribution in [1.82, 2.24) is 15.0 Å². The number of ether oxygens (including phenoxy) is 1. The molecule has 1 atom stereocenters. The summed E-state index contributed by atoms with van der Waals surface area (Å²) < 4.78 is 5.15. The van der Waals surface area contributed by atoms with Crippen LogP contribution < -0.4 is 10.1 Å². The van der Waals surface area contributed by atoms with E-state index in [1.54, 1.807) is 25.6 Å². The van der Waals surface area contributed by atoms with Crippen LogP contribution in [0.2, 0.25) is 0 Å². The predicted molar refractivity (Wildman–Crippen MR) is 100 cm³/mol. The first-order valence-electron chi connectivity index (χ1n) is 7.50. The molecule has 0 aliphatic carbocycles. The van der Waals surface area contributed by atoms with Gasteiger partial charge in [-0.1, -0.05) is 11.8 Å². The second kappa shape index (κ2) is 8.09. The number of anilines is 1. The number of benzene rings is 1. The molecule has 2 heterocycles. The summed E-state index contributed by atoms with van der Waals surface area (Å²) in [5.74, 6) is 0.662. The van der Waals surface area contributed by atoms with Gasteiger partial charge in [-0.15, -0.1) is 11.3 Å². The number of carbonyl (C=O) groups excluding carboxylic acids is 1. The van der Waals surface area contributed by atoms with Crippen LogP contribution in [0.15, 0.2) is 53.3 Å². The molecule has 1 amide bonds. The van der Waals surface area contributed by atoms with Gasteiger partial charge in [0, 0.05) is 23.3 Å². The average molecular weight is 372 g/mol. The molecule has 25 heavy (non-hydrogen) atoms. The molecule has 0 spiro atoms. The van der Waals surface area contributed by atoms with Crippen molar-refractivity contribution in [3.8, 4) is 17.0 Å². The van der Waals surface area contributed by atoms with Gasteiger partial charge in [0.15, 0.2) is 10.3 Å². The summed E-state index contributed by atoms with van der Waals surface area (Å²) in [5.41, 5.74) is 1.78. The van der Waals surface area contributed by atoms with Gasteiger partial charge in [-0.3, -0.25) is 4.79 Å². The van der Waals surface area contributed by atoms with Crippen LogP contribution >= 0.6 is 23.1 Å². The Hall–Kier alpha value is -2.45. The number of nitrogens with one attached hydrogen (secondary N) is 1. The van der Waals surface area contributed by atoms with Crippen LogP contribution in [0.4, 0.5) is 5.13 Å². The predicted octanol–water partition coefficient (Wildman–Crippen LogP) is 3.73. The first-order chi connectivity index (χ1) is 12.2. The van der Waals surface area contributed by atoms with E-state index in [0.29, 0.717) is 10.3 Å². The molecule has 1 aromatic carbocycles. The lowest BCUT2D eigenvalue weighted by molar-refractivity contribution is -0.115. The molecule has 2 aromatic heterocycles. The van der Waals surface area contributed by atoms with Gasteiger partial charge in [-0.05, 0) is 37.3 Å². The van der Waals surface area contributed by atoms with Crippen LogP contribution in [0.25, 0.3) is 11.3 Å². The maximum atomic E-state index is 12.3. The van der Waals surface area contributed by atoms with Crippen molar-refractivity contribution in [3.63, 3.8) is 0 Å². The van der Waals surface area contributed by atoms with Gasteiger partial charge in [0.05, 0.1) is 18.1 Å². The van der Waals surface area contributed by atoms with E-state index in [4.69, 9.17) is 4.74 Å². The molecule has 0 bridgehead atoms. The number of thiazole rings is 1. The van der Waals surface area contributed by atoms with Crippen molar-refractivity contribution in [2.45, 2.75) is 17.3 Å². The van der Waals surface area contributed by atoms with E-state index in [2.05, 4.69) is 20.3 Å². The van der Waals surface area contributed by atoms with Crippen LogP contribution in [-0.2, 0) is 4.79 Å². The molecule has 0 saturated carbocycles. The highest BCUT2D eigenvalue weighted by molar-refractivity contribution is 8.00. The van der Waals surface area contributed by atoms with Gasteiger partial charge in [-0.25, -0.2) is 15.0 Å². The zero-order valence-electron chi connectivity index (χ0n) is 13.7. The van der Waals surface area contributed by atoms with E-state index in [1.165, 1.54) is 23.1 Å². The third-order valence-corrected chi connectivity index (χ3v) is 5.06. The topological polar surface area (TPSA) is 77.0 Å². The minimum atomic E-state index is -0.323. The minimum absolute atomic E-state index is 0.131. The monoisotopic (exact) mass is 372 g/mol. The summed E-state index contributed by atoms with van der Waals surface area (Å²) in [6, 6.07) is 9.37. The van der Waals surface area contributed by atoms with Crippen LogP contribution in [0.1, 0.15) is 6.92 Å². The summed E-state index contributed by atoms with van der Waals surface area (Å²) in [7, 11) is 1.63. The maximum Gasteiger partial charge on any atom is 0.239 e. The summed E-state index contributed by atoms with van der Waals surface area (Å²) >= 11 is 2.70. The lowest BCUT2D eigenvalue weighted by atomic mass is 10.2. The highest BCUT2D eigenvalue weighted by atomic mass is 32.2. The second-order valence-corrected chi connectivity index (χ2v) is 7.21. The Labute approximate surface area is 153 Å². The Bertz CT molecular complexity index is 837. The Balaban J connectivity index is 1.63. The molecule has 0 fully saturated rings. The molecule has 6 nitrogen and oxygen atoms in total. The largest absolute Gasteiger partial charge is 0.497 e. The number of hydrogen-bond donors (Lipinski definition) is 1. The molecule has 3 aromatic rings. The Morgan fingerprint density at radius 3 is 2.64 bits per heavy atom. The summed E-state index contributed by atoms with van der Waals surface area (Å²) in [4.78, 5) is 25.0. The van der Waals surface area contributed by atoms with Crippen molar-refractivity contribution in [2.24, 2.45) is 0 Å². The van der Waals surface area contributed by atoms with Crippen molar-refractivity contribution in [2.75, 3.05) is 12.4 Å². The summed E-state index contributed by atoms with van der Waals surface area (Å²) in [5, 5.41) is 5.57. The number of amides is 1. The fourth-order valence-electron chi connectivity index (χ4n) is 1.99. The van der Waals surface area contributed by atoms with E-state index < -0.39 is 0 Å². The van der Waals surface area contributed by atoms with Gasteiger partial charge < -0.3 is 10.1 Å². The van der Waals surface area contributed by atoms with Crippen molar-refractivity contribution in [1.29, 1.82) is 0 Å². The number of nitrogens with zero attached hydrogens (tertiary/aromatic N) is 3. The quantitative estimate of drug-likeness (QED) is 0.525. The average Bonchev–Trinajstić information content (AvgIpc) is 3.11. The Morgan fingerprint density at radius 2 is 1.96 bits per heavy atom. The summed E-state index contributed by atoms with van der Waals surface area (Å²) in [6.07, 6.45) is 3.31. The van der Waals surface area contributed by atoms with E-state index in [9.17, 15) is 4.79 Å². The molecule has 0 saturated heterocycles. The fraction of sp³-hybridized carbons (Fsp3) is 0.176. The first kappa shape index (κ1) is 17.4. The molecular weight excluding hydrogens is 356 g/mol. The van der Waals surface area contributed by atoms with E-state index >= 15 is 0 Å². The fourth-order valence-corrected chi connectivity index (χ4v) is 3.44. The molecule has 1 N–H and O–H groups in total. The summed E-state index contributed by atoms with van der Waals surface area (Å²) in [6.45, 7) is 1.81. The van der Waals surface area contributed by atoms with Crippen molar-refractivity contribution < 1.29 is 9.53 Å². The first-order valence-corrected chi connectivity index (χ1v) is 9.26.